The number of benzene rings is 2. The first-order valence-corrected chi connectivity index (χ1v) is 10.6. The molecule has 0 aliphatic heterocycles. The van der Waals surface area contributed by atoms with E-state index < -0.39 is 0 Å². The summed E-state index contributed by atoms with van der Waals surface area (Å²) in [5, 5.41) is 11.0. The van der Waals surface area contributed by atoms with E-state index in [9.17, 15) is 0 Å². The summed E-state index contributed by atoms with van der Waals surface area (Å²) >= 11 is 0. The van der Waals surface area contributed by atoms with Crippen LogP contribution in [0.4, 0.5) is 0 Å². The number of nitrogens with zero attached hydrogens (tertiary/aromatic N) is 3. The number of methoxy groups -OCH3 is 1. The van der Waals surface area contributed by atoms with Gasteiger partial charge in [0.1, 0.15) is 0 Å². The number of rotatable bonds is 10. The molecule has 0 aliphatic carbocycles. The first-order valence-electron chi connectivity index (χ1n) is 10.6. The molecule has 0 unspecified atom stereocenters. The summed E-state index contributed by atoms with van der Waals surface area (Å²) in [6.45, 7) is 4.13. The third kappa shape index (κ3) is 6.50. The first kappa shape index (κ1) is 22.2. The van der Waals surface area contributed by atoms with Crippen LogP contribution in [0.15, 0.2) is 65.9 Å². The van der Waals surface area contributed by atoms with Crippen molar-refractivity contribution in [2.45, 2.75) is 26.3 Å². The average molecular weight is 422 g/mol. The summed E-state index contributed by atoms with van der Waals surface area (Å²) in [7, 11) is 3.45. The monoisotopic (exact) mass is 421 g/mol. The summed E-state index contributed by atoms with van der Waals surface area (Å²) in [6.07, 6.45) is 5.64. The minimum atomic E-state index is 0.620. The minimum absolute atomic E-state index is 0.620. The van der Waals surface area contributed by atoms with E-state index >= 15 is 0 Å². The lowest BCUT2D eigenvalue weighted by molar-refractivity contribution is 0.310. The third-order valence-corrected chi connectivity index (χ3v) is 4.85. The maximum atomic E-state index is 5.66. The standard InChI is InChI=1S/C24H31N5O2/c1-4-31-23-17-19(10-13-22(23)30-3)7-5-14-26-24(25-2)27-18-20-8-11-21(12-9-20)29-16-6-15-28-29/h6,8-13,15-17H,4-5,7,14,18H2,1-3H3,(H2,25,26,27). The van der Waals surface area contributed by atoms with Crippen molar-refractivity contribution in [1.82, 2.24) is 20.4 Å². The molecular formula is C24H31N5O2. The topological polar surface area (TPSA) is 72.7 Å². The number of hydrogen-bond donors (Lipinski definition) is 2. The molecular weight excluding hydrogens is 390 g/mol. The lowest BCUT2D eigenvalue weighted by Gasteiger charge is -2.13. The normalized spacial score (nSPS) is 11.3. The predicted octanol–water partition coefficient (Wildman–Crippen LogP) is 3.58. The second-order valence-corrected chi connectivity index (χ2v) is 6.99. The quantitative estimate of drug-likeness (QED) is 0.297. The summed E-state index contributed by atoms with van der Waals surface area (Å²) < 4.78 is 12.9. The number of aryl methyl sites for hydroxylation is 1. The van der Waals surface area contributed by atoms with Crippen LogP contribution in [0.2, 0.25) is 0 Å². The third-order valence-electron chi connectivity index (χ3n) is 4.85. The van der Waals surface area contributed by atoms with Crippen molar-refractivity contribution >= 4 is 5.96 Å². The SMILES string of the molecule is CCOc1cc(CCCNC(=NC)NCc2ccc(-n3cccn3)cc2)ccc1OC. The molecule has 7 heteroatoms. The highest BCUT2D eigenvalue weighted by molar-refractivity contribution is 5.79. The van der Waals surface area contributed by atoms with E-state index in [1.165, 1.54) is 11.1 Å². The number of aromatic nitrogens is 2. The van der Waals surface area contributed by atoms with Crippen LogP contribution < -0.4 is 20.1 Å². The van der Waals surface area contributed by atoms with E-state index in [1.54, 1.807) is 20.4 Å². The maximum absolute atomic E-state index is 5.66. The number of hydrogen-bond acceptors (Lipinski definition) is 4. The van der Waals surface area contributed by atoms with Crippen LogP contribution in [0.1, 0.15) is 24.5 Å². The van der Waals surface area contributed by atoms with Crippen LogP contribution in [-0.2, 0) is 13.0 Å². The van der Waals surface area contributed by atoms with Crippen LogP contribution in [0.25, 0.3) is 5.69 Å². The van der Waals surface area contributed by atoms with E-state index in [-0.39, 0.29) is 0 Å². The Morgan fingerprint density at radius 3 is 2.55 bits per heavy atom. The highest BCUT2D eigenvalue weighted by Crippen LogP contribution is 2.28. The van der Waals surface area contributed by atoms with Gasteiger partial charge in [-0.05, 0) is 61.2 Å². The Labute approximate surface area is 184 Å². The lowest BCUT2D eigenvalue weighted by Crippen LogP contribution is -2.37. The van der Waals surface area contributed by atoms with Gasteiger partial charge in [0.2, 0.25) is 0 Å². The molecule has 3 rings (SSSR count). The van der Waals surface area contributed by atoms with Crippen molar-refractivity contribution in [3.8, 4) is 17.2 Å². The fourth-order valence-electron chi connectivity index (χ4n) is 3.24. The van der Waals surface area contributed by atoms with Crippen molar-refractivity contribution < 1.29 is 9.47 Å². The summed E-state index contributed by atoms with van der Waals surface area (Å²) in [4.78, 5) is 4.31. The molecule has 0 atom stereocenters. The second-order valence-electron chi connectivity index (χ2n) is 6.99. The number of ether oxygens (including phenoxy) is 2. The van der Waals surface area contributed by atoms with Crippen molar-refractivity contribution in [3.05, 3.63) is 72.1 Å². The van der Waals surface area contributed by atoms with Gasteiger partial charge in [-0.15, -0.1) is 0 Å². The highest BCUT2D eigenvalue weighted by atomic mass is 16.5. The van der Waals surface area contributed by atoms with Gasteiger partial charge in [-0.1, -0.05) is 18.2 Å². The Hall–Kier alpha value is -3.48. The van der Waals surface area contributed by atoms with Crippen LogP contribution in [0.5, 0.6) is 11.5 Å². The van der Waals surface area contributed by atoms with Gasteiger partial charge in [-0.3, -0.25) is 4.99 Å². The van der Waals surface area contributed by atoms with Gasteiger partial charge in [0.05, 0.1) is 19.4 Å². The minimum Gasteiger partial charge on any atom is -0.493 e. The zero-order valence-electron chi connectivity index (χ0n) is 18.5. The smallest absolute Gasteiger partial charge is 0.191 e. The van der Waals surface area contributed by atoms with Crippen LogP contribution >= 0.6 is 0 Å². The molecule has 164 valence electrons. The van der Waals surface area contributed by atoms with Gasteiger partial charge in [0, 0.05) is 32.5 Å². The summed E-state index contributed by atoms with van der Waals surface area (Å²) in [6, 6.07) is 16.3. The molecule has 31 heavy (non-hydrogen) atoms. The molecule has 0 radical (unpaired) electrons. The average Bonchev–Trinajstić information content (AvgIpc) is 3.34. The molecule has 2 N–H and O–H groups in total. The van der Waals surface area contributed by atoms with Crippen molar-refractivity contribution in [1.29, 1.82) is 0 Å². The van der Waals surface area contributed by atoms with E-state index in [1.807, 2.05) is 29.9 Å². The molecule has 0 saturated heterocycles. The van der Waals surface area contributed by atoms with Crippen molar-refractivity contribution in [3.63, 3.8) is 0 Å². The van der Waals surface area contributed by atoms with Gasteiger partial charge in [0.15, 0.2) is 17.5 Å². The van der Waals surface area contributed by atoms with Gasteiger partial charge in [-0.2, -0.15) is 5.10 Å². The molecule has 0 amide bonds. The molecule has 0 bridgehead atoms. The number of aliphatic imine (C=N–C) groups is 1. The van der Waals surface area contributed by atoms with Crippen molar-refractivity contribution in [2.24, 2.45) is 4.99 Å². The van der Waals surface area contributed by atoms with Gasteiger partial charge in [-0.25, -0.2) is 4.68 Å². The van der Waals surface area contributed by atoms with Crippen LogP contribution in [-0.4, -0.2) is 43.0 Å². The molecule has 2 aromatic carbocycles. The molecule has 3 aromatic rings. The molecule has 0 spiro atoms. The fraction of sp³-hybridized carbons (Fsp3) is 0.333. The highest BCUT2D eigenvalue weighted by Gasteiger charge is 2.06. The Balaban J connectivity index is 1.42. The van der Waals surface area contributed by atoms with Gasteiger partial charge in [0.25, 0.3) is 0 Å². The van der Waals surface area contributed by atoms with E-state index in [0.29, 0.717) is 13.2 Å². The summed E-state index contributed by atoms with van der Waals surface area (Å²) in [5.74, 6) is 2.36. The maximum Gasteiger partial charge on any atom is 0.191 e. The molecule has 7 nitrogen and oxygen atoms in total. The molecule has 0 aliphatic rings. The Kier molecular flexibility index (Phi) is 8.34. The zero-order valence-corrected chi connectivity index (χ0v) is 18.5. The van der Waals surface area contributed by atoms with Crippen molar-refractivity contribution in [2.75, 3.05) is 27.3 Å². The zero-order chi connectivity index (χ0) is 21.9. The first-order chi connectivity index (χ1) is 15.2. The molecule has 0 fully saturated rings. The summed E-state index contributed by atoms with van der Waals surface area (Å²) in [5.41, 5.74) is 3.45. The van der Waals surface area contributed by atoms with Gasteiger partial charge < -0.3 is 20.1 Å². The van der Waals surface area contributed by atoms with E-state index in [0.717, 1.165) is 42.5 Å². The van der Waals surface area contributed by atoms with Crippen LogP contribution in [0.3, 0.4) is 0 Å². The Morgan fingerprint density at radius 2 is 1.87 bits per heavy atom. The van der Waals surface area contributed by atoms with Crippen LogP contribution in [0, 0.1) is 0 Å². The Morgan fingerprint density at radius 1 is 1.06 bits per heavy atom. The van der Waals surface area contributed by atoms with E-state index in [4.69, 9.17) is 9.47 Å². The molecule has 1 aromatic heterocycles. The largest absolute Gasteiger partial charge is 0.493 e. The number of nitrogens with one attached hydrogen (secondary N) is 2. The van der Waals surface area contributed by atoms with Gasteiger partial charge >= 0.3 is 0 Å². The Bertz CT molecular complexity index is 953. The predicted molar refractivity (Wildman–Crippen MR) is 124 cm³/mol. The fourth-order valence-corrected chi connectivity index (χ4v) is 3.24. The second kappa shape index (κ2) is 11.6. The van der Waals surface area contributed by atoms with E-state index in [2.05, 4.69) is 57.1 Å². The number of guanidine groups is 1. The molecule has 1 heterocycles. The molecule has 0 saturated carbocycles. The lowest BCUT2D eigenvalue weighted by atomic mass is 10.1.